The molecule has 1 aromatic heterocycles. The van der Waals surface area contributed by atoms with Crippen molar-refractivity contribution < 1.29 is 14.3 Å². The van der Waals surface area contributed by atoms with E-state index >= 15 is 0 Å². The Morgan fingerprint density at radius 3 is 2.72 bits per heavy atom. The number of amides is 2. The van der Waals surface area contributed by atoms with E-state index in [4.69, 9.17) is 0 Å². The van der Waals surface area contributed by atoms with Crippen LogP contribution in [0.25, 0.3) is 0 Å². The second-order valence-electron chi connectivity index (χ2n) is 6.21. The van der Waals surface area contributed by atoms with Crippen LogP contribution in [0, 0.1) is 13.8 Å². The van der Waals surface area contributed by atoms with E-state index in [1.165, 1.54) is 24.0 Å². The predicted molar refractivity (Wildman–Crippen MR) is 97.0 cm³/mol. The molecule has 0 bridgehead atoms. The molecule has 3 rings (SSSR count). The summed E-state index contributed by atoms with van der Waals surface area (Å²) in [6.45, 7) is 4.45. The quantitative estimate of drug-likeness (QED) is 0.826. The largest absolute Gasteiger partial charge is 0.464 e. The van der Waals surface area contributed by atoms with Gasteiger partial charge in [0.2, 0.25) is 0 Å². The number of nitrogens with zero attached hydrogens (tertiary/aromatic N) is 2. The van der Waals surface area contributed by atoms with Gasteiger partial charge in [0.05, 0.1) is 13.7 Å². The Labute approximate surface area is 150 Å². The average Bonchev–Trinajstić information content (AvgIpc) is 3.33. The zero-order valence-corrected chi connectivity index (χ0v) is 15.4. The topological polar surface area (TPSA) is 71.5 Å². The molecule has 1 saturated carbocycles. The minimum atomic E-state index is -0.458. The van der Waals surface area contributed by atoms with Crippen LogP contribution in [-0.2, 0) is 11.3 Å². The molecule has 25 heavy (non-hydrogen) atoms. The van der Waals surface area contributed by atoms with Crippen molar-refractivity contribution in [1.29, 1.82) is 0 Å². The molecule has 0 unspecified atom stereocenters. The molecule has 1 N–H and O–H groups in total. The number of urea groups is 1. The number of esters is 1. The summed E-state index contributed by atoms with van der Waals surface area (Å²) in [5, 5.41) is 5.35. The molecular formula is C18H21N3O3S. The first-order valence-electron chi connectivity index (χ1n) is 8.15. The number of carbonyl (C=O) groups excluding carboxylic acids is 2. The van der Waals surface area contributed by atoms with Gasteiger partial charge in [0.1, 0.15) is 5.01 Å². The molecule has 1 fully saturated rings. The van der Waals surface area contributed by atoms with Crippen molar-refractivity contribution in [2.45, 2.75) is 39.3 Å². The van der Waals surface area contributed by atoms with Crippen molar-refractivity contribution in [2.24, 2.45) is 0 Å². The molecule has 132 valence electrons. The highest BCUT2D eigenvalue weighted by molar-refractivity contribution is 7.09. The number of carbonyl (C=O) groups is 2. The third-order valence-electron chi connectivity index (χ3n) is 4.26. The van der Waals surface area contributed by atoms with Crippen LogP contribution in [-0.4, -0.2) is 35.0 Å². The van der Waals surface area contributed by atoms with Gasteiger partial charge in [0.15, 0.2) is 5.69 Å². The number of thiazole rings is 1. The molecule has 1 aliphatic rings. The van der Waals surface area contributed by atoms with Gasteiger partial charge in [-0.1, -0.05) is 6.07 Å². The minimum absolute atomic E-state index is 0.138. The lowest BCUT2D eigenvalue weighted by molar-refractivity contribution is 0.0594. The maximum absolute atomic E-state index is 12.7. The molecule has 1 aliphatic carbocycles. The summed E-state index contributed by atoms with van der Waals surface area (Å²) in [6, 6.07) is 5.97. The molecule has 2 aromatic rings. The SMILES string of the molecule is COC(=O)c1csc(CN(C(=O)Nc2ccc(C)c(C)c2)C2CC2)n1. The van der Waals surface area contributed by atoms with Crippen molar-refractivity contribution in [2.75, 3.05) is 12.4 Å². The second-order valence-corrected chi connectivity index (χ2v) is 7.15. The van der Waals surface area contributed by atoms with Gasteiger partial charge in [-0.3, -0.25) is 0 Å². The van der Waals surface area contributed by atoms with Crippen molar-refractivity contribution in [3.05, 3.63) is 45.4 Å². The minimum Gasteiger partial charge on any atom is -0.464 e. The van der Waals surface area contributed by atoms with Gasteiger partial charge >= 0.3 is 12.0 Å². The number of methoxy groups -OCH3 is 1. The first kappa shape index (κ1) is 17.4. The lowest BCUT2D eigenvalue weighted by Gasteiger charge is -2.22. The van der Waals surface area contributed by atoms with Gasteiger partial charge in [-0.25, -0.2) is 14.6 Å². The highest BCUT2D eigenvalue weighted by Gasteiger charge is 2.33. The zero-order valence-electron chi connectivity index (χ0n) is 14.5. The summed E-state index contributed by atoms with van der Waals surface area (Å²) < 4.78 is 4.67. The highest BCUT2D eigenvalue weighted by Crippen LogP contribution is 2.30. The number of benzene rings is 1. The summed E-state index contributed by atoms with van der Waals surface area (Å²) in [7, 11) is 1.33. The molecule has 0 spiro atoms. The van der Waals surface area contributed by atoms with E-state index in [1.807, 2.05) is 32.0 Å². The van der Waals surface area contributed by atoms with E-state index in [1.54, 1.807) is 10.3 Å². The molecule has 1 heterocycles. The van der Waals surface area contributed by atoms with Gasteiger partial charge in [0, 0.05) is 17.1 Å². The molecule has 0 aliphatic heterocycles. The van der Waals surface area contributed by atoms with E-state index in [-0.39, 0.29) is 17.8 Å². The third-order valence-corrected chi connectivity index (χ3v) is 5.09. The van der Waals surface area contributed by atoms with Gasteiger partial charge in [-0.15, -0.1) is 11.3 Å². The molecule has 0 atom stereocenters. The van der Waals surface area contributed by atoms with Crippen LogP contribution in [0.4, 0.5) is 10.5 Å². The Kier molecular flexibility index (Phi) is 5.03. The summed E-state index contributed by atoms with van der Waals surface area (Å²) in [4.78, 5) is 30.3. The Hall–Kier alpha value is -2.41. The Morgan fingerprint density at radius 2 is 2.08 bits per heavy atom. The fourth-order valence-electron chi connectivity index (χ4n) is 2.49. The molecular weight excluding hydrogens is 338 g/mol. The molecule has 6 nitrogen and oxygen atoms in total. The predicted octanol–water partition coefficient (Wildman–Crippen LogP) is 3.74. The lowest BCUT2D eigenvalue weighted by Crippen LogP contribution is -2.36. The average molecular weight is 359 g/mol. The number of ether oxygens (including phenoxy) is 1. The second kappa shape index (κ2) is 7.23. The summed E-state index contributed by atoms with van der Waals surface area (Å²) in [5.41, 5.74) is 3.40. The van der Waals surface area contributed by atoms with E-state index in [2.05, 4.69) is 15.0 Å². The zero-order chi connectivity index (χ0) is 18.0. The number of aromatic nitrogens is 1. The number of hydrogen-bond acceptors (Lipinski definition) is 5. The summed E-state index contributed by atoms with van der Waals surface area (Å²) in [6.07, 6.45) is 1.99. The van der Waals surface area contributed by atoms with E-state index in [0.29, 0.717) is 6.54 Å². The molecule has 2 amide bonds. The van der Waals surface area contributed by atoms with Crippen molar-refractivity contribution in [3.63, 3.8) is 0 Å². The van der Waals surface area contributed by atoms with E-state index in [9.17, 15) is 9.59 Å². The third kappa shape index (κ3) is 4.17. The Bertz CT molecular complexity index is 799. The molecule has 1 aromatic carbocycles. The monoisotopic (exact) mass is 359 g/mol. The van der Waals surface area contributed by atoms with Crippen LogP contribution >= 0.6 is 11.3 Å². The fourth-order valence-corrected chi connectivity index (χ4v) is 3.26. The standard InChI is InChI=1S/C18H21N3O3S/c1-11-4-5-13(8-12(11)2)19-18(23)21(14-6-7-14)9-16-20-15(10-25-16)17(22)24-3/h4-5,8,10,14H,6-7,9H2,1-3H3,(H,19,23). The van der Waals surface area contributed by atoms with Crippen LogP contribution < -0.4 is 5.32 Å². The van der Waals surface area contributed by atoms with Crippen LogP contribution in [0.2, 0.25) is 0 Å². The fraction of sp³-hybridized carbons (Fsp3) is 0.389. The number of nitrogens with one attached hydrogen (secondary N) is 1. The van der Waals surface area contributed by atoms with Crippen LogP contribution in [0.1, 0.15) is 39.5 Å². The van der Waals surface area contributed by atoms with Gasteiger partial charge in [-0.2, -0.15) is 0 Å². The van der Waals surface area contributed by atoms with Crippen LogP contribution in [0.3, 0.4) is 0 Å². The first-order chi connectivity index (χ1) is 12.0. The lowest BCUT2D eigenvalue weighted by atomic mass is 10.1. The number of aryl methyl sites for hydroxylation is 2. The van der Waals surface area contributed by atoms with Gasteiger partial charge in [0.25, 0.3) is 0 Å². The van der Waals surface area contributed by atoms with E-state index in [0.717, 1.165) is 29.1 Å². The summed E-state index contributed by atoms with van der Waals surface area (Å²) >= 11 is 1.36. The molecule has 0 radical (unpaired) electrons. The Balaban J connectivity index is 1.70. The number of anilines is 1. The van der Waals surface area contributed by atoms with Crippen molar-refractivity contribution in [3.8, 4) is 0 Å². The van der Waals surface area contributed by atoms with Crippen LogP contribution in [0.15, 0.2) is 23.6 Å². The molecule has 0 saturated heterocycles. The van der Waals surface area contributed by atoms with Gasteiger partial charge < -0.3 is 15.0 Å². The maximum atomic E-state index is 12.7. The molecule has 7 heteroatoms. The number of rotatable bonds is 5. The van der Waals surface area contributed by atoms with Crippen LogP contribution in [0.5, 0.6) is 0 Å². The first-order valence-corrected chi connectivity index (χ1v) is 9.03. The highest BCUT2D eigenvalue weighted by atomic mass is 32.1. The normalized spacial score (nSPS) is 13.4. The van der Waals surface area contributed by atoms with Crippen molar-refractivity contribution in [1.82, 2.24) is 9.88 Å². The van der Waals surface area contributed by atoms with Crippen molar-refractivity contribution >= 4 is 29.0 Å². The number of hydrogen-bond donors (Lipinski definition) is 1. The summed E-state index contributed by atoms with van der Waals surface area (Å²) in [5.74, 6) is -0.458. The van der Waals surface area contributed by atoms with Gasteiger partial charge in [-0.05, 0) is 49.9 Å². The van der Waals surface area contributed by atoms with E-state index < -0.39 is 5.97 Å². The Morgan fingerprint density at radius 1 is 1.32 bits per heavy atom. The maximum Gasteiger partial charge on any atom is 0.357 e. The smallest absolute Gasteiger partial charge is 0.357 e.